The van der Waals surface area contributed by atoms with Crippen LogP contribution in [0.4, 0.5) is 10.1 Å². The van der Waals surface area contributed by atoms with E-state index >= 15 is 0 Å². The number of nitrogens with one attached hydrogen (secondary N) is 2. The predicted octanol–water partition coefficient (Wildman–Crippen LogP) is 1.04. The lowest BCUT2D eigenvalue weighted by atomic mass is 9.95. The number of carbonyl (C=O) groups excluding carboxylic acids is 3. The molecule has 8 heteroatoms. The molecule has 1 saturated carbocycles. The molecular formula is C20H27FN4O3. The highest BCUT2D eigenvalue weighted by molar-refractivity contribution is 6.35. The van der Waals surface area contributed by atoms with Gasteiger partial charge in [-0.25, -0.2) is 4.39 Å². The van der Waals surface area contributed by atoms with Crippen molar-refractivity contribution < 1.29 is 18.8 Å². The molecule has 152 valence electrons. The van der Waals surface area contributed by atoms with Gasteiger partial charge in [0.25, 0.3) is 0 Å². The van der Waals surface area contributed by atoms with Crippen LogP contribution in [-0.4, -0.2) is 61.4 Å². The highest BCUT2D eigenvalue weighted by Gasteiger charge is 2.24. The summed E-state index contributed by atoms with van der Waals surface area (Å²) in [6.07, 6.45) is 5.08. The van der Waals surface area contributed by atoms with Crippen molar-refractivity contribution in [1.29, 1.82) is 0 Å². The van der Waals surface area contributed by atoms with Crippen LogP contribution in [0, 0.1) is 5.82 Å². The van der Waals surface area contributed by atoms with Crippen LogP contribution in [0.25, 0.3) is 0 Å². The number of amides is 3. The van der Waals surface area contributed by atoms with Crippen molar-refractivity contribution in [2.24, 2.45) is 0 Å². The number of halogens is 1. The summed E-state index contributed by atoms with van der Waals surface area (Å²) in [5.74, 6) is -1.95. The van der Waals surface area contributed by atoms with Gasteiger partial charge in [-0.05, 0) is 31.0 Å². The van der Waals surface area contributed by atoms with Gasteiger partial charge < -0.3 is 20.4 Å². The Morgan fingerprint density at radius 1 is 1.00 bits per heavy atom. The maximum atomic E-state index is 13.4. The molecule has 0 unspecified atom stereocenters. The molecule has 0 aromatic heterocycles. The fourth-order valence-electron chi connectivity index (χ4n) is 3.73. The Hall–Kier alpha value is -2.64. The predicted molar refractivity (Wildman–Crippen MR) is 103 cm³/mol. The number of carbonyl (C=O) groups is 3. The van der Waals surface area contributed by atoms with E-state index < -0.39 is 11.8 Å². The molecule has 1 saturated heterocycles. The van der Waals surface area contributed by atoms with Crippen LogP contribution in [0.1, 0.15) is 32.1 Å². The summed E-state index contributed by atoms with van der Waals surface area (Å²) < 4.78 is 13.4. The fourth-order valence-corrected chi connectivity index (χ4v) is 3.73. The Balaban J connectivity index is 1.39. The summed E-state index contributed by atoms with van der Waals surface area (Å²) in [6, 6.07) is 6.43. The molecule has 1 aliphatic heterocycles. The zero-order chi connectivity index (χ0) is 19.9. The highest BCUT2D eigenvalue weighted by Crippen LogP contribution is 2.18. The van der Waals surface area contributed by atoms with Gasteiger partial charge in [0.15, 0.2) is 0 Å². The Morgan fingerprint density at radius 3 is 2.39 bits per heavy atom. The summed E-state index contributed by atoms with van der Waals surface area (Å²) in [4.78, 5) is 39.9. The van der Waals surface area contributed by atoms with Gasteiger partial charge >= 0.3 is 11.8 Å². The van der Waals surface area contributed by atoms with Crippen molar-refractivity contribution in [3.8, 4) is 0 Å². The number of hydrogen-bond acceptors (Lipinski definition) is 4. The van der Waals surface area contributed by atoms with E-state index in [2.05, 4.69) is 10.6 Å². The molecule has 1 heterocycles. The van der Waals surface area contributed by atoms with Gasteiger partial charge in [-0.1, -0.05) is 25.3 Å². The topological polar surface area (TPSA) is 81.8 Å². The Labute approximate surface area is 164 Å². The van der Waals surface area contributed by atoms with Gasteiger partial charge in [0.2, 0.25) is 5.91 Å². The quantitative estimate of drug-likeness (QED) is 0.753. The summed E-state index contributed by atoms with van der Waals surface area (Å²) in [5, 5.41) is 5.15. The summed E-state index contributed by atoms with van der Waals surface area (Å²) in [7, 11) is 0. The number of rotatable bonds is 4. The molecule has 2 aliphatic rings. The first kappa shape index (κ1) is 20.1. The molecule has 2 N–H and O–H groups in total. The van der Waals surface area contributed by atoms with E-state index in [-0.39, 0.29) is 24.3 Å². The molecule has 0 atom stereocenters. The minimum absolute atomic E-state index is 0.0543. The Kier molecular flexibility index (Phi) is 6.84. The lowest BCUT2D eigenvalue weighted by molar-refractivity contribution is -0.141. The molecule has 1 aromatic carbocycles. The molecule has 1 aromatic rings. The molecule has 0 spiro atoms. The third-order valence-electron chi connectivity index (χ3n) is 5.35. The van der Waals surface area contributed by atoms with Crippen LogP contribution < -0.4 is 15.5 Å². The lowest BCUT2D eigenvalue weighted by Gasteiger charge is -2.36. The number of hydrogen-bond donors (Lipinski definition) is 2. The third kappa shape index (κ3) is 5.43. The number of anilines is 1. The molecule has 2 fully saturated rings. The SMILES string of the molecule is O=C(NCC(=O)N1CCN(c2cccc(F)c2)CC1)C(=O)NC1CCCCC1. The first-order chi connectivity index (χ1) is 13.5. The van der Waals surface area contributed by atoms with Crippen molar-refractivity contribution in [2.75, 3.05) is 37.6 Å². The average molecular weight is 390 g/mol. The third-order valence-corrected chi connectivity index (χ3v) is 5.35. The van der Waals surface area contributed by atoms with E-state index in [0.29, 0.717) is 26.2 Å². The van der Waals surface area contributed by atoms with Gasteiger partial charge in [-0.2, -0.15) is 0 Å². The van der Waals surface area contributed by atoms with Crippen molar-refractivity contribution in [2.45, 2.75) is 38.1 Å². The first-order valence-corrected chi connectivity index (χ1v) is 9.90. The maximum absolute atomic E-state index is 13.4. The summed E-state index contributed by atoms with van der Waals surface area (Å²) in [5.41, 5.74) is 0.791. The van der Waals surface area contributed by atoms with Gasteiger partial charge in [0, 0.05) is 37.9 Å². The van der Waals surface area contributed by atoms with E-state index in [1.807, 2.05) is 11.0 Å². The smallest absolute Gasteiger partial charge is 0.309 e. The summed E-state index contributed by atoms with van der Waals surface area (Å²) >= 11 is 0. The van der Waals surface area contributed by atoms with E-state index in [0.717, 1.165) is 31.4 Å². The molecule has 0 radical (unpaired) electrons. The first-order valence-electron chi connectivity index (χ1n) is 9.90. The molecule has 3 amide bonds. The Bertz CT molecular complexity index is 713. The van der Waals surface area contributed by atoms with E-state index in [1.54, 1.807) is 11.0 Å². The van der Waals surface area contributed by atoms with Crippen LogP contribution in [0.2, 0.25) is 0 Å². The van der Waals surface area contributed by atoms with Crippen molar-refractivity contribution in [3.05, 3.63) is 30.1 Å². The minimum atomic E-state index is -0.766. The summed E-state index contributed by atoms with van der Waals surface area (Å²) in [6.45, 7) is 1.95. The fraction of sp³-hybridized carbons (Fsp3) is 0.550. The normalized spacial score (nSPS) is 17.9. The molecule has 0 bridgehead atoms. The van der Waals surface area contributed by atoms with Gasteiger partial charge in [0.05, 0.1) is 6.54 Å². The monoisotopic (exact) mass is 390 g/mol. The second-order valence-electron chi connectivity index (χ2n) is 7.34. The zero-order valence-corrected chi connectivity index (χ0v) is 16.0. The maximum Gasteiger partial charge on any atom is 0.309 e. The number of piperazine rings is 1. The van der Waals surface area contributed by atoms with E-state index in [4.69, 9.17) is 0 Å². The largest absolute Gasteiger partial charge is 0.368 e. The molecular weight excluding hydrogens is 363 g/mol. The van der Waals surface area contributed by atoms with E-state index in [1.165, 1.54) is 18.6 Å². The number of nitrogens with zero attached hydrogens (tertiary/aromatic N) is 2. The van der Waals surface area contributed by atoms with Crippen LogP contribution >= 0.6 is 0 Å². The Morgan fingerprint density at radius 2 is 1.71 bits per heavy atom. The standard InChI is InChI=1S/C20H27FN4O3/c21-15-5-4-8-17(13-15)24-9-11-25(12-10-24)18(26)14-22-19(27)20(28)23-16-6-2-1-3-7-16/h4-5,8,13,16H,1-3,6-7,9-12,14H2,(H,22,27)(H,23,28). The van der Waals surface area contributed by atoms with Crippen molar-refractivity contribution >= 4 is 23.4 Å². The average Bonchev–Trinajstić information content (AvgIpc) is 2.72. The van der Waals surface area contributed by atoms with E-state index in [9.17, 15) is 18.8 Å². The zero-order valence-electron chi connectivity index (χ0n) is 16.0. The van der Waals surface area contributed by atoms with Gasteiger partial charge in [-0.3, -0.25) is 14.4 Å². The van der Waals surface area contributed by atoms with Crippen molar-refractivity contribution in [1.82, 2.24) is 15.5 Å². The molecule has 28 heavy (non-hydrogen) atoms. The second-order valence-corrected chi connectivity index (χ2v) is 7.34. The highest BCUT2D eigenvalue weighted by atomic mass is 19.1. The van der Waals surface area contributed by atoms with Crippen LogP contribution in [0.3, 0.4) is 0 Å². The lowest BCUT2D eigenvalue weighted by Crippen LogP contribution is -2.52. The van der Waals surface area contributed by atoms with Gasteiger partial charge in [-0.15, -0.1) is 0 Å². The molecule has 1 aliphatic carbocycles. The number of benzene rings is 1. The minimum Gasteiger partial charge on any atom is -0.368 e. The van der Waals surface area contributed by atoms with Crippen LogP contribution in [-0.2, 0) is 14.4 Å². The van der Waals surface area contributed by atoms with Gasteiger partial charge in [0.1, 0.15) is 5.82 Å². The van der Waals surface area contributed by atoms with Crippen LogP contribution in [0.5, 0.6) is 0 Å². The van der Waals surface area contributed by atoms with Crippen molar-refractivity contribution in [3.63, 3.8) is 0 Å². The molecule has 3 rings (SSSR count). The van der Waals surface area contributed by atoms with Crippen LogP contribution in [0.15, 0.2) is 24.3 Å². The molecule has 7 nitrogen and oxygen atoms in total. The second kappa shape index (κ2) is 9.52.